The number of hydrogen-bond acceptors (Lipinski definition) is 2. The van der Waals surface area contributed by atoms with E-state index in [9.17, 15) is 0 Å². The topological polar surface area (TPSA) is 26.0 Å². The maximum atomic E-state index is 6.04. The van der Waals surface area contributed by atoms with Gasteiger partial charge in [-0.1, -0.05) is 12.8 Å². The van der Waals surface area contributed by atoms with E-state index in [0.29, 0.717) is 0 Å². The van der Waals surface area contributed by atoms with Crippen LogP contribution in [0.4, 0.5) is 0 Å². The van der Waals surface area contributed by atoms with Crippen molar-refractivity contribution in [3.63, 3.8) is 0 Å². The molecule has 0 aromatic carbocycles. The van der Waals surface area contributed by atoms with E-state index in [-0.39, 0.29) is 6.04 Å². The molecule has 2 rings (SSSR count). The van der Waals surface area contributed by atoms with Crippen molar-refractivity contribution in [1.29, 1.82) is 0 Å². The highest BCUT2D eigenvalue weighted by atomic mass is 79.9. The van der Waals surface area contributed by atoms with E-state index in [1.165, 1.54) is 27.9 Å². The molecule has 1 atom stereocenters. The predicted molar refractivity (Wildman–Crippen MR) is 56.3 cm³/mol. The second kappa shape index (κ2) is 3.48. The van der Waals surface area contributed by atoms with Gasteiger partial charge in [-0.15, -0.1) is 11.3 Å². The molecular formula is C9H12BrNS. The van der Waals surface area contributed by atoms with Crippen molar-refractivity contribution in [3.8, 4) is 0 Å². The first-order valence-electron chi connectivity index (χ1n) is 4.26. The van der Waals surface area contributed by atoms with Gasteiger partial charge in [-0.25, -0.2) is 0 Å². The average molecular weight is 246 g/mol. The fourth-order valence-corrected chi connectivity index (χ4v) is 2.79. The quantitative estimate of drug-likeness (QED) is 0.869. The number of nitrogens with two attached hydrogens (primary N) is 1. The lowest BCUT2D eigenvalue weighted by Crippen LogP contribution is -2.08. The molecule has 1 nitrogen and oxygen atoms in total. The first-order chi connectivity index (χ1) is 5.75. The van der Waals surface area contributed by atoms with Crippen LogP contribution in [0.2, 0.25) is 0 Å². The standard InChI is InChI=1S/C9H12BrNS/c10-9-4-3-8(12-9)7(11)5-6-1-2-6/h3-4,6-7H,1-2,5,11H2/t7-/m1/s1. The lowest BCUT2D eigenvalue weighted by molar-refractivity contribution is 0.605. The normalized spacial score (nSPS) is 19.5. The van der Waals surface area contributed by atoms with Crippen molar-refractivity contribution in [3.05, 3.63) is 20.8 Å². The van der Waals surface area contributed by atoms with Crippen LogP contribution in [-0.2, 0) is 0 Å². The van der Waals surface area contributed by atoms with E-state index in [1.54, 1.807) is 11.3 Å². The molecule has 1 aromatic rings. The highest BCUT2D eigenvalue weighted by molar-refractivity contribution is 9.11. The van der Waals surface area contributed by atoms with Gasteiger partial charge in [0.15, 0.2) is 0 Å². The Morgan fingerprint density at radius 1 is 1.58 bits per heavy atom. The Labute approximate surface area is 85.1 Å². The molecule has 0 saturated heterocycles. The molecule has 0 unspecified atom stereocenters. The molecule has 0 amide bonds. The van der Waals surface area contributed by atoms with Crippen LogP contribution in [0, 0.1) is 5.92 Å². The molecular weight excluding hydrogens is 234 g/mol. The van der Waals surface area contributed by atoms with Gasteiger partial charge in [-0.05, 0) is 40.4 Å². The van der Waals surface area contributed by atoms with Gasteiger partial charge in [0, 0.05) is 10.9 Å². The Morgan fingerprint density at radius 3 is 2.83 bits per heavy atom. The van der Waals surface area contributed by atoms with Crippen LogP contribution < -0.4 is 5.73 Å². The smallest absolute Gasteiger partial charge is 0.0701 e. The third-order valence-electron chi connectivity index (χ3n) is 2.24. The summed E-state index contributed by atoms with van der Waals surface area (Å²) >= 11 is 5.20. The van der Waals surface area contributed by atoms with Crippen LogP contribution in [0.25, 0.3) is 0 Å². The van der Waals surface area contributed by atoms with Gasteiger partial charge >= 0.3 is 0 Å². The molecule has 2 N–H and O–H groups in total. The summed E-state index contributed by atoms with van der Waals surface area (Å²) < 4.78 is 1.18. The Kier molecular flexibility index (Phi) is 2.53. The maximum Gasteiger partial charge on any atom is 0.0701 e. The summed E-state index contributed by atoms with van der Waals surface area (Å²) in [7, 11) is 0. The van der Waals surface area contributed by atoms with Gasteiger partial charge in [0.2, 0.25) is 0 Å². The molecule has 0 spiro atoms. The van der Waals surface area contributed by atoms with E-state index < -0.39 is 0 Å². The molecule has 3 heteroatoms. The fourth-order valence-electron chi connectivity index (χ4n) is 1.36. The van der Waals surface area contributed by atoms with E-state index in [1.807, 2.05) is 0 Å². The Hall–Kier alpha value is 0.140. The minimum absolute atomic E-state index is 0.272. The summed E-state index contributed by atoms with van der Waals surface area (Å²) in [5.74, 6) is 0.917. The summed E-state index contributed by atoms with van der Waals surface area (Å²) in [4.78, 5) is 1.31. The highest BCUT2D eigenvalue weighted by Gasteiger charge is 2.24. The molecule has 1 heterocycles. The largest absolute Gasteiger partial charge is 0.323 e. The maximum absolute atomic E-state index is 6.04. The Bertz CT molecular complexity index is 267. The lowest BCUT2D eigenvalue weighted by Gasteiger charge is -2.06. The van der Waals surface area contributed by atoms with Crippen molar-refractivity contribution in [2.24, 2.45) is 11.7 Å². The molecule has 0 radical (unpaired) electrons. The molecule has 1 aliphatic rings. The highest BCUT2D eigenvalue weighted by Crippen LogP contribution is 2.38. The Balaban J connectivity index is 1.97. The van der Waals surface area contributed by atoms with Crippen LogP contribution in [0.5, 0.6) is 0 Å². The van der Waals surface area contributed by atoms with Crippen molar-refractivity contribution in [2.75, 3.05) is 0 Å². The molecule has 1 aromatic heterocycles. The van der Waals surface area contributed by atoms with Crippen molar-refractivity contribution >= 4 is 27.3 Å². The minimum atomic E-state index is 0.272. The van der Waals surface area contributed by atoms with Crippen LogP contribution in [0.15, 0.2) is 15.9 Å². The van der Waals surface area contributed by atoms with E-state index >= 15 is 0 Å². The van der Waals surface area contributed by atoms with Gasteiger partial charge in [0.05, 0.1) is 3.79 Å². The van der Waals surface area contributed by atoms with Gasteiger partial charge in [0.1, 0.15) is 0 Å². The van der Waals surface area contributed by atoms with Crippen molar-refractivity contribution in [2.45, 2.75) is 25.3 Å². The van der Waals surface area contributed by atoms with E-state index in [0.717, 1.165) is 5.92 Å². The first kappa shape index (κ1) is 8.73. The summed E-state index contributed by atoms with van der Waals surface area (Å²) in [6.07, 6.45) is 3.95. The van der Waals surface area contributed by atoms with Crippen LogP contribution in [0.1, 0.15) is 30.2 Å². The van der Waals surface area contributed by atoms with Crippen molar-refractivity contribution < 1.29 is 0 Å². The van der Waals surface area contributed by atoms with Gasteiger partial charge in [-0.2, -0.15) is 0 Å². The number of thiophene rings is 1. The molecule has 1 aliphatic carbocycles. The third kappa shape index (κ3) is 2.09. The second-order valence-electron chi connectivity index (χ2n) is 3.43. The zero-order chi connectivity index (χ0) is 8.55. The molecule has 1 saturated carbocycles. The molecule has 12 heavy (non-hydrogen) atoms. The summed E-state index contributed by atoms with van der Waals surface area (Å²) in [5.41, 5.74) is 6.04. The van der Waals surface area contributed by atoms with Crippen molar-refractivity contribution in [1.82, 2.24) is 0 Å². The van der Waals surface area contributed by atoms with Crippen LogP contribution >= 0.6 is 27.3 Å². The summed E-state index contributed by atoms with van der Waals surface area (Å²) in [6, 6.07) is 4.47. The zero-order valence-corrected chi connectivity index (χ0v) is 9.20. The van der Waals surface area contributed by atoms with Gasteiger partial charge in [-0.3, -0.25) is 0 Å². The number of hydrogen-bond donors (Lipinski definition) is 1. The summed E-state index contributed by atoms with van der Waals surface area (Å²) in [6.45, 7) is 0. The fraction of sp³-hybridized carbons (Fsp3) is 0.556. The monoisotopic (exact) mass is 245 g/mol. The number of halogens is 1. The predicted octanol–water partition coefficient (Wildman–Crippen LogP) is 3.31. The SMILES string of the molecule is N[C@H](CC1CC1)c1ccc(Br)s1. The van der Waals surface area contributed by atoms with E-state index in [4.69, 9.17) is 5.73 Å². The van der Waals surface area contributed by atoms with E-state index in [2.05, 4.69) is 28.1 Å². The average Bonchev–Trinajstić information content (AvgIpc) is 2.72. The summed E-state index contributed by atoms with van der Waals surface area (Å²) in [5, 5.41) is 0. The Morgan fingerprint density at radius 2 is 2.33 bits per heavy atom. The van der Waals surface area contributed by atoms with Gasteiger partial charge < -0.3 is 5.73 Å². The molecule has 1 fully saturated rings. The molecule has 0 aliphatic heterocycles. The second-order valence-corrected chi connectivity index (χ2v) is 5.92. The first-order valence-corrected chi connectivity index (χ1v) is 5.87. The lowest BCUT2D eigenvalue weighted by atomic mass is 10.1. The zero-order valence-electron chi connectivity index (χ0n) is 6.79. The molecule has 0 bridgehead atoms. The molecule has 66 valence electrons. The third-order valence-corrected chi connectivity index (χ3v) is 4.00. The minimum Gasteiger partial charge on any atom is -0.323 e. The van der Waals surface area contributed by atoms with Crippen LogP contribution in [-0.4, -0.2) is 0 Å². The van der Waals surface area contributed by atoms with Gasteiger partial charge in [0.25, 0.3) is 0 Å². The number of rotatable bonds is 3. The van der Waals surface area contributed by atoms with Crippen LogP contribution in [0.3, 0.4) is 0 Å².